The smallest absolute Gasteiger partial charge is 0.302 e. The second-order valence-corrected chi connectivity index (χ2v) is 6.08. The average Bonchev–Trinajstić information content (AvgIpc) is 3.07. The van der Waals surface area contributed by atoms with E-state index in [0.29, 0.717) is 11.8 Å². The molecular formula is C14H20O3. The summed E-state index contributed by atoms with van der Waals surface area (Å²) in [6, 6.07) is 0. The molecule has 3 fully saturated rings. The lowest BCUT2D eigenvalue weighted by Crippen LogP contribution is -2.41. The van der Waals surface area contributed by atoms with Crippen molar-refractivity contribution in [2.45, 2.75) is 45.1 Å². The van der Waals surface area contributed by atoms with E-state index in [1.807, 2.05) is 0 Å². The van der Waals surface area contributed by atoms with Crippen molar-refractivity contribution in [3.05, 3.63) is 0 Å². The molecule has 94 valence electrons. The van der Waals surface area contributed by atoms with Crippen LogP contribution in [0, 0.1) is 29.6 Å². The van der Waals surface area contributed by atoms with Gasteiger partial charge < -0.3 is 9.53 Å². The van der Waals surface area contributed by atoms with Crippen LogP contribution in [0.1, 0.15) is 39.0 Å². The van der Waals surface area contributed by atoms with Gasteiger partial charge in [-0.3, -0.25) is 4.79 Å². The quantitative estimate of drug-likeness (QED) is 0.545. The molecule has 0 heterocycles. The average molecular weight is 236 g/mol. The van der Waals surface area contributed by atoms with Crippen molar-refractivity contribution in [3.63, 3.8) is 0 Å². The normalized spacial score (nSPS) is 47.6. The predicted molar refractivity (Wildman–Crippen MR) is 62.2 cm³/mol. The van der Waals surface area contributed by atoms with Crippen molar-refractivity contribution >= 4 is 12.3 Å². The Labute approximate surface area is 102 Å². The highest BCUT2D eigenvalue weighted by Gasteiger charge is 2.53. The van der Waals surface area contributed by atoms with Gasteiger partial charge in [-0.2, -0.15) is 0 Å². The third-order valence-corrected chi connectivity index (χ3v) is 5.09. The van der Waals surface area contributed by atoms with Gasteiger partial charge in [0, 0.05) is 6.92 Å². The topological polar surface area (TPSA) is 43.4 Å². The SMILES string of the molecule is CC(=O)OC1CC2C(CCC3CC32)CC1C=O. The molecule has 0 radical (unpaired) electrons. The lowest BCUT2D eigenvalue weighted by atomic mass is 9.66. The monoisotopic (exact) mass is 236 g/mol. The molecule has 0 aromatic carbocycles. The van der Waals surface area contributed by atoms with E-state index >= 15 is 0 Å². The first kappa shape index (κ1) is 11.2. The molecule has 3 aliphatic rings. The predicted octanol–water partition coefficient (Wildman–Crippen LogP) is 2.19. The standard InChI is InChI=1S/C14H20O3/c1-8(16)17-14-6-13-9(4-11(14)7-15)2-3-10-5-12(10)13/h7,9-14H,2-6H2,1H3. The van der Waals surface area contributed by atoms with Crippen molar-refractivity contribution < 1.29 is 14.3 Å². The maximum atomic E-state index is 11.1. The lowest BCUT2D eigenvalue weighted by molar-refractivity contribution is -0.155. The molecule has 17 heavy (non-hydrogen) atoms. The summed E-state index contributed by atoms with van der Waals surface area (Å²) in [6.07, 6.45) is 6.73. The van der Waals surface area contributed by atoms with E-state index in [0.717, 1.165) is 31.0 Å². The number of hydrogen-bond donors (Lipinski definition) is 0. The third-order valence-electron chi connectivity index (χ3n) is 5.09. The lowest BCUT2D eigenvalue weighted by Gasteiger charge is -2.41. The van der Waals surface area contributed by atoms with Crippen molar-refractivity contribution in [2.75, 3.05) is 0 Å². The van der Waals surface area contributed by atoms with Gasteiger partial charge in [-0.1, -0.05) is 0 Å². The first-order valence-corrected chi connectivity index (χ1v) is 6.81. The maximum absolute atomic E-state index is 11.1. The number of fused-ring (bicyclic) bond motifs is 3. The van der Waals surface area contributed by atoms with Gasteiger partial charge in [0.05, 0.1) is 5.92 Å². The summed E-state index contributed by atoms with van der Waals surface area (Å²) in [4.78, 5) is 22.2. The first-order valence-electron chi connectivity index (χ1n) is 6.81. The van der Waals surface area contributed by atoms with Crippen LogP contribution in [0.15, 0.2) is 0 Å². The molecule has 0 spiro atoms. The Kier molecular flexibility index (Phi) is 2.72. The summed E-state index contributed by atoms with van der Waals surface area (Å²) < 4.78 is 5.34. The van der Waals surface area contributed by atoms with E-state index in [1.165, 1.54) is 26.2 Å². The molecule has 0 aromatic rings. The van der Waals surface area contributed by atoms with Crippen molar-refractivity contribution in [3.8, 4) is 0 Å². The van der Waals surface area contributed by atoms with E-state index < -0.39 is 0 Å². The molecule has 0 amide bonds. The van der Waals surface area contributed by atoms with Gasteiger partial charge in [-0.05, 0) is 55.8 Å². The van der Waals surface area contributed by atoms with Gasteiger partial charge in [0.2, 0.25) is 0 Å². The van der Waals surface area contributed by atoms with Gasteiger partial charge in [-0.25, -0.2) is 0 Å². The number of ether oxygens (including phenoxy) is 1. The zero-order chi connectivity index (χ0) is 12.0. The van der Waals surface area contributed by atoms with Gasteiger partial charge in [0.15, 0.2) is 0 Å². The van der Waals surface area contributed by atoms with Crippen LogP contribution in [0.2, 0.25) is 0 Å². The molecule has 6 atom stereocenters. The van der Waals surface area contributed by atoms with E-state index in [4.69, 9.17) is 4.74 Å². The van der Waals surface area contributed by atoms with Crippen LogP contribution in [-0.2, 0) is 14.3 Å². The number of hydrogen-bond acceptors (Lipinski definition) is 3. The Morgan fingerprint density at radius 2 is 1.76 bits per heavy atom. The van der Waals surface area contributed by atoms with Crippen LogP contribution < -0.4 is 0 Å². The number of aldehydes is 1. The Morgan fingerprint density at radius 1 is 1.12 bits per heavy atom. The molecule has 3 heteroatoms. The molecule has 3 aliphatic carbocycles. The van der Waals surface area contributed by atoms with Gasteiger partial charge in [0.1, 0.15) is 12.4 Å². The minimum atomic E-state index is -0.247. The van der Waals surface area contributed by atoms with Crippen molar-refractivity contribution in [2.24, 2.45) is 29.6 Å². The summed E-state index contributed by atoms with van der Waals surface area (Å²) in [7, 11) is 0. The summed E-state index contributed by atoms with van der Waals surface area (Å²) in [6.45, 7) is 1.44. The van der Waals surface area contributed by atoms with E-state index in [9.17, 15) is 9.59 Å². The molecule has 3 saturated carbocycles. The second-order valence-electron chi connectivity index (χ2n) is 6.08. The largest absolute Gasteiger partial charge is 0.462 e. The molecule has 6 unspecified atom stereocenters. The summed E-state index contributed by atoms with van der Waals surface area (Å²) in [5.41, 5.74) is 0. The summed E-state index contributed by atoms with van der Waals surface area (Å²) in [5, 5.41) is 0. The van der Waals surface area contributed by atoms with Crippen molar-refractivity contribution in [1.29, 1.82) is 0 Å². The zero-order valence-corrected chi connectivity index (χ0v) is 10.3. The molecule has 0 bridgehead atoms. The van der Waals surface area contributed by atoms with Crippen LogP contribution in [0.25, 0.3) is 0 Å². The summed E-state index contributed by atoms with van der Waals surface area (Å²) in [5.74, 6) is 2.94. The van der Waals surface area contributed by atoms with Gasteiger partial charge in [0.25, 0.3) is 0 Å². The molecule has 0 aliphatic heterocycles. The highest BCUT2D eigenvalue weighted by atomic mass is 16.5. The van der Waals surface area contributed by atoms with Gasteiger partial charge in [-0.15, -0.1) is 0 Å². The van der Waals surface area contributed by atoms with E-state index in [2.05, 4.69) is 0 Å². The molecule has 0 saturated heterocycles. The fourth-order valence-electron chi connectivity index (χ4n) is 4.22. The number of esters is 1. The fourth-order valence-corrected chi connectivity index (χ4v) is 4.22. The Bertz CT molecular complexity index is 338. The highest BCUT2D eigenvalue weighted by molar-refractivity contribution is 5.67. The third kappa shape index (κ3) is 2.00. The highest BCUT2D eigenvalue weighted by Crippen LogP contribution is 2.59. The number of carbonyl (C=O) groups excluding carboxylic acids is 2. The molecule has 3 nitrogen and oxygen atoms in total. The second kappa shape index (κ2) is 4.11. The summed E-state index contributed by atoms with van der Waals surface area (Å²) >= 11 is 0. The molecule has 3 rings (SSSR count). The van der Waals surface area contributed by atoms with Crippen LogP contribution in [0.4, 0.5) is 0 Å². The minimum absolute atomic E-state index is 0.0598. The zero-order valence-electron chi connectivity index (χ0n) is 10.3. The molecular weight excluding hydrogens is 216 g/mol. The number of rotatable bonds is 2. The maximum Gasteiger partial charge on any atom is 0.302 e. The van der Waals surface area contributed by atoms with Crippen molar-refractivity contribution in [1.82, 2.24) is 0 Å². The molecule has 0 aromatic heterocycles. The van der Waals surface area contributed by atoms with E-state index in [1.54, 1.807) is 0 Å². The Morgan fingerprint density at radius 3 is 2.41 bits per heavy atom. The van der Waals surface area contributed by atoms with E-state index in [-0.39, 0.29) is 18.0 Å². The Balaban J connectivity index is 1.72. The first-order chi connectivity index (χ1) is 8.19. The number of carbonyl (C=O) groups is 2. The van der Waals surface area contributed by atoms with Crippen LogP contribution in [0.5, 0.6) is 0 Å². The molecule has 0 N–H and O–H groups in total. The minimum Gasteiger partial charge on any atom is -0.462 e. The van der Waals surface area contributed by atoms with Crippen LogP contribution in [-0.4, -0.2) is 18.4 Å². The van der Waals surface area contributed by atoms with Crippen LogP contribution >= 0.6 is 0 Å². The van der Waals surface area contributed by atoms with Gasteiger partial charge >= 0.3 is 5.97 Å². The fraction of sp³-hybridized carbons (Fsp3) is 0.857. The Hall–Kier alpha value is -0.860. The van der Waals surface area contributed by atoms with Crippen LogP contribution in [0.3, 0.4) is 0 Å².